The summed E-state index contributed by atoms with van der Waals surface area (Å²) in [6, 6.07) is 10.2. The second-order valence-corrected chi connectivity index (χ2v) is 3.56. The van der Waals surface area contributed by atoms with Crippen molar-refractivity contribution in [3.8, 4) is 0 Å². The minimum Gasteiger partial charge on any atom is -0.477 e. The van der Waals surface area contributed by atoms with Crippen LogP contribution in [0.15, 0.2) is 47.7 Å². The first-order valence-corrected chi connectivity index (χ1v) is 5.42. The fourth-order valence-electron chi connectivity index (χ4n) is 1.21. The maximum Gasteiger partial charge on any atom is 0.351 e. The van der Waals surface area contributed by atoms with Crippen molar-refractivity contribution in [3.05, 3.63) is 48.2 Å². The number of hydrogen-bond donors (Lipinski definition) is 2. The second-order valence-electron chi connectivity index (χ2n) is 3.56. The van der Waals surface area contributed by atoms with Crippen LogP contribution in [0.3, 0.4) is 0 Å². The Bertz CT molecular complexity index is 411. The molecule has 0 aromatic heterocycles. The minimum absolute atomic E-state index is 0.0395. The molecule has 17 heavy (non-hydrogen) atoms. The van der Waals surface area contributed by atoms with E-state index in [4.69, 9.17) is 5.11 Å². The molecule has 0 aliphatic carbocycles. The summed E-state index contributed by atoms with van der Waals surface area (Å²) in [5.74, 6) is -1.02. The summed E-state index contributed by atoms with van der Waals surface area (Å²) >= 11 is 0. The Kier molecular flexibility index (Phi) is 5.51. The van der Waals surface area contributed by atoms with Gasteiger partial charge < -0.3 is 5.11 Å². The molecule has 4 nitrogen and oxygen atoms in total. The molecule has 0 aliphatic rings. The van der Waals surface area contributed by atoms with E-state index in [0.29, 0.717) is 0 Å². The Morgan fingerprint density at radius 2 is 2.12 bits per heavy atom. The summed E-state index contributed by atoms with van der Waals surface area (Å²) in [5.41, 5.74) is 3.90. The van der Waals surface area contributed by atoms with Gasteiger partial charge in [0.2, 0.25) is 0 Å². The van der Waals surface area contributed by atoms with Gasteiger partial charge in [0.1, 0.15) is 5.71 Å². The molecular weight excluding hydrogens is 216 g/mol. The predicted octanol–water partition coefficient (Wildman–Crippen LogP) is 2.18. The number of hydrogen-bond acceptors (Lipinski definition) is 3. The molecule has 0 amide bonds. The maximum absolute atomic E-state index is 10.4. The number of benzene rings is 1. The molecular formula is C13H16N2O2. The number of carbonyl (C=O) groups is 1. The normalized spacial score (nSPS) is 11.7. The van der Waals surface area contributed by atoms with Crippen molar-refractivity contribution >= 4 is 11.7 Å². The number of carboxylic acid groups (broad SMARTS) is 1. The largest absolute Gasteiger partial charge is 0.477 e. The Morgan fingerprint density at radius 1 is 1.41 bits per heavy atom. The first-order chi connectivity index (χ1) is 8.20. The fraction of sp³-hybridized carbons (Fsp3) is 0.231. The quantitative estimate of drug-likeness (QED) is 0.583. The summed E-state index contributed by atoms with van der Waals surface area (Å²) in [6.45, 7) is 1.44. The predicted molar refractivity (Wildman–Crippen MR) is 67.8 cm³/mol. The summed E-state index contributed by atoms with van der Waals surface area (Å²) in [6.07, 6.45) is 5.42. The van der Waals surface area contributed by atoms with Crippen molar-refractivity contribution in [2.45, 2.75) is 19.8 Å². The van der Waals surface area contributed by atoms with Crippen LogP contribution in [0.2, 0.25) is 0 Å². The Hall–Kier alpha value is -2.10. The van der Waals surface area contributed by atoms with Crippen LogP contribution >= 0.6 is 0 Å². The summed E-state index contributed by atoms with van der Waals surface area (Å²) in [4.78, 5) is 10.4. The molecule has 0 saturated heterocycles. The molecule has 0 atom stereocenters. The van der Waals surface area contributed by atoms with Gasteiger partial charge in [0.25, 0.3) is 0 Å². The van der Waals surface area contributed by atoms with Crippen molar-refractivity contribution in [1.82, 2.24) is 5.43 Å². The van der Waals surface area contributed by atoms with Crippen LogP contribution in [0.5, 0.6) is 0 Å². The van der Waals surface area contributed by atoms with E-state index >= 15 is 0 Å². The SMILES string of the molecule is CC(=NNC=CCCc1ccccc1)C(=O)O. The standard InChI is InChI=1S/C13H16N2O2/c1-11(13(16)17)15-14-10-6-5-9-12-7-3-2-4-8-12/h2-4,6-8,10,14H,5,9H2,1H3,(H,16,17). The molecule has 0 unspecified atom stereocenters. The first kappa shape index (κ1) is 13.0. The van der Waals surface area contributed by atoms with Crippen molar-refractivity contribution in [2.24, 2.45) is 5.10 Å². The Balaban J connectivity index is 2.23. The highest BCUT2D eigenvalue weighted by atomic mass is 16.4. The monoisotopic (exact) mass is 232 g/mol. The molecule has 1 rings (SSSR count). The van der Waals surface area contributed by atoms with Crippen LogP contribution in [0, 0.1) is 0 Å². The average molecular weight is 232 g/mol. The van der Waals surface area contributed by atoms with Gasteiger partial charge in [-0.25, -0.2) is 4.79 Å². The number of nitrogens with zero attached hydrogens (tertiary/aromatic N) is 1. The lowest BCUT2D eigenvalue weighted by Gasteiger charge is -1.96. The summed E-state index contributed by atoms with van der Waals surface area (Å²) in [7, 11) is 0. The van der Waals surface area contributed by atoms with E-state index in [0.717, 1.165) is 12.8 Å². The smallest absolute Gasteiger partial charge is 0.351 e. The highest BCUT2D eigenvalue weighted by Gasteiger charge is 1.98. The molecule has 2 N–H and O–H groups in total. The Labute approximate surface area is 101 Å². The van der Waals surface area contributed by atoms with Gasteiger partial charge in [-0.3, -0.25) is 5.43 Å². The number of rotatable bonds is 6. The minimum atomic E-state index is -1.02. The highest BCUT2D eigenvalue weighted by molar-refractivity contribution is 6.34. The first-order valence-electron chi connectivity index (χ1n) is 5.42. The fourth-order valence-corrected chi connectivity index (χ4v) is 1.21. The number of aryl methyl sites for hydroxylation is 1. The second kappa shape index (κ2) is 7.22. The van der Waals surface area contributed by atoms with Gasteiger partial charge in [0.15, 0.2) is 0 Å². The molecule has 0 aliphatic heterocycles. The van der Waals surface area contributed by atoms with Crippen LogP contribution < -0.4 is 5.43 Å². The molecule has 0 fully saturated rings. The van der Waals surface area contributed by atoms with E-state index in [-0.39, 0.29) is 5.71 Å². The van der Waals surface area contributed by atoms with Crippen molar-refractivity contribution < 1.29 is 9.90 Å². The van der Waals surface area contributed by atoms with Gasteiger partial charge in [0.05, 0.1) is 0 Å². The van der Waals surface area contributed by atoms with Crippen LogP contribution in [0.1, 0.15) is 18.9 Å². The van der Waals surface area contributed by atoms with Gasteiger partial charge in [-0.05, 0) is 25.3 Å². The molecule has 90 valence electrons. The van der Waals surface area contributed by atoms with Crippen LogP contribution in [-0.2, 0) is 11.2 Å². The number of nitrogens with one attached hydrogen (secondary N) is 1. The Morgan fingerprint density at radius 3 is 2.76 bits per heavy atom. The number of hydrazone groups is 1. The van der Waals surface area contributed by atoms with Crippen molar-refractivity contribution in [2.75, 3.05) is 0 Å². The maximum atomic E-state index is 10.4. The van der Waals surface area contributed by atoms with Gasteiger partial charge >= 0.3 is 5.97 Å². The number of carboxylic acids is 1. The van der Waals surface area contributed by atoms with Crippen LogP contribution in [-0.4, -0.2) is 16.8 Å². The highest BCUT2D eigenvalue weighted by Crippen LogP contribution is 2.02. The third-order valence-electron chi connectivity index (χ3n) is 2.18. The van der Waals surface area contributed by atoms with E-state index < -0.39 is 5.97 Å². The zero-order valence-corrected chi connectivity index (χ0v) is 9.76. The molecule has 0 bridgehead atoms. The molecule has 0 spiro atoms. The third kappa shape index (κ3) is 5.51. The molecule has 0 heterocycles. The van der Waals surface area contributed by atoms with E-state index in [1.54, 1.807) is 6.20 Å². The van der Waals surface area contributed by atoms with Crippen LogP contribution in [0.25, 0.3) is 0 Å². The van der Waals surface area contributed by atoms with Crippen LogP contribution in [0.4, 0.5) is 0 Å². The van der Waals surface area contributed by atoms with E-state index in [9.17, 15) is 4.79 Å². The van der Waals surface area contributed by atoms with E-state index in [2.05, 4.69) is 22.7 Å². The van der Waals surface area contributed by atoms with Gasteiger partial charge in [-0.1, -0.05) is 36.4 Å². The lowest BCUT2D eigenvalue weighted by atomic mass is 10.1. The summed E-state index contributed by atoms with van der Waals surface area (Å²) in [5, 5.41) is 12.2. The molecule has 0 saturated carbocycles. The lowest BCUT2D eigenvalue weighted by molar-refractivity contribution is -0.129. The lowest BCUT2D eigenvalue weighted by Crippen LogP contribution is -2.11. The number of allylic oxidation sites excluding steroid dienone is 1. The zero-order chi connectivity index (χ0) is 12.5. The average Bonchev–Trinajstić information content (AvgIpc) is 2.34. The van der Waals surface area contributed by atoms with Gasteiger partial charge in [-0.15, -0.1) is 0 Å². The molecule has 1 aromatic carbocycles. The van der Waals surface area contributed by atoms with E-state index in [1.807, 2.05) is 24.3 Å². The van der Waals surface area contributed by atoms with E-state index in [1.165, 1.54) is 12.5 Å². The molecule has 4 heteroatoms. The zero-order valence-electron chi connectivity index (χ0n) is 9.76. The van der Waals surface area contributed by atoms with Gasteiger partial charge in [0, 0.05) is 6.20 Å². The number of aliphatic carboxylic acids is 1. The molecule has 0 radical (unpaired) electrons. The molecule has 1 aromatic rings. The van der Waals surface area contributed by atoms with Crippen molar-refractivity contribution in [3.63, 3.8) is 0 Å². The third-order valence-corrected chi connectivity index (χ3v) is 2.18. The van der Waals surface area contributed by atoms with Gasteiger partial charge in [-0.2, -0.15) is 5.10 Å². The summed E-state index contributed by atoms with van der Waals surface area (Å²) < 4.78 is 0. The topological polar surface area (TPSA) is 61.7 Å². The van der Waals surface area contributed by atoms with Crippen molar-refractivity contribution in [1.29, 1.82) is 0 Å².